The van der Waals surface area contributed by atoms with Gasteiger partial charge in [-0.3, -0.25) is 4.79 Å². The number of benzene rings is 2. The van der Waals surface area contributed by atoms with Crippen molar-refractivity contribution in [1.82, 2.24) is 14.9 Å². The summed E-state index contributed by atoms with van der Waals surface area (Å²) >= 11 is 6.35. The molecular formula is C27H27ClN4O7. The number of ether oxygens (including phenoxy) is 5. The van der Waals surface area contributed by atoms with Crippen molar-refractivity contribution in [2.45, 2.75) is 37.4 Å². The van der Waals surface area contributed by atoms with Crippen LogP contribution in [0, 0.1) is 0 Å². The Morgan fingerprint density at radius 2 is 1.97 bits per heavy atom. The second kappa shape index (κ2) is 10.2. The van der Waals surface area contributed by atoms with Gasteiger partial charge in [-0.25, -0.2) is 4.98 Å². The molecule has 2 N–H and O–H groups in total. The first-order valence-corrected chi connectivity index (χ1v) is 12.8. The molecule has 0 radical (unpaired) electrons. The van der Waals surface area contributed by atoms with E-state index in [1.54, 1.807) is 36.2 Å². The lowest BCUT2D eigenvalue weighted by molar-refractivity contribution is 0.00860. The number of nitrogens with zero attached hydrogens (tertiary/aromatic N) is 3. The van der Waals surface area contributed by atoms with E-state index in [0.29, 0.717) is 35.1 Å². The first-order valence-electron chi connectivity index (χ1n) is 12.5. The lowest BCUT2D eigenvalue weighted by atomic mass is 10.1. The summed E-state index contributed by atoms with van der Waals surface area (Å²) in [6, 6.07) is 10.7. The molecule has 3 aliphatic rings. The van der Waals surface area contributed by atoms with Crippen molar-refractivity contribution in [2.24, 2.45) is 0 Å². The van der Waals surface area contributed by atoms with Gasteiger partial charge in [-0.15, -0.1) is 0 Å². The van der Waals surface area contributed by atoms with Crippen molar-refractivity contribution in [3.05, 3.63) is 58.7 Å². The van der Waals surface area contributed by atoms with Gasteiger partial charge in [0.15, 0.2) is 6.10 Å². The third kappa shape index (κ3) is 4.61. The van der Waals surface area contributed by atoms with Crippen molar-refractivity contribution in [2.75, 3.05) is 32.7 Å². The molecule has 0 aliphatic carbocycles. The number of anilines is 2. The standard InChI is InChI=1S/C27H27ClN4O7/c1-13-15-5-4-6-19(22(15)26(34)32(13)2)39-25-16(28)10-29-27(31-25)30-17-8-7-14(9-20(17)35-3)38-21-12-37-23-18(33)11-36-24(21)23/h4-10,13,18,21,23-24,33H,11-12H2,1-3H3,(H,29,30,31)/t13?,18-,21-,23-,24-/m1/s1. The zero-order valence-corrected chi connectivity index (χ0v) is 22.2. The summed E-state index contributed by atoms with van der Waals surface area (Å²) in [5.41, 5.74) is 1.95. The maximum Gasteiger partial charge on any atom is 0.258 e. The molecule has 4 heterocycles. The minimum Gasteiger partial charge on any atom is -0.494 e. The molecule has 0 bridgehead atoms. The van der Waals surface area contributed by atoms with Crippen LogP contribution in [-0.4, -0.2) is 77.7 Å². The highest BCUT2D eigenvalue weighted by molar-refractivity contribution is 6.31. The molecular weight excluding hydrogens is 528 g/mol. The van der Waals surface area contributed by atoms with E-state index in [-0.39, 0.29) is 53.7 Å². The van der Waals surface area contributed by atoms with Crippen LogP contribution >= 0.6 is 11.6 Å². The van der Waals surface area contributed by atoms with Gasteiger partial charge in [0.25, 0.3) is 5.91 Å². The Labute approximate surface area is 229 Å². The zero-order valence-electron chi connectivity index (χ0n) is 21.5. The van der Waals surface area contributed by atoms with E-state index in [2.05, 4.69) is 15.3 Å². The molecule has 2 fully saturated rings. The maximum atomic E-state index is 12.8. The highest BCUT2D eigenvalue weighted by Gasteiger charge is 2.48. The fourth-order valence-corrected chi connectivity index (χ4v) is 5.18. The Morgan fingerprint density at radius 3 is 2.79 bits per heavy atom. The Morgan fingerprint density at radius 1 is 1.15 bits per heavy atom. The smallest absolute Gasteiger partial charge is 0.258 e. The predicted molar refractivity (Wildman–Crippen MR) is 140 cm³/mol. The van der Waals surface area contributed by atoms with Crippen LogP contribution in [0.5, 0.6) is 23.1 Å². The number of rotatable bonds is 7. The molecule has 1 unspecified atom stereocenters. The second-order valence-electron chi connectivity index (χ2n) is 9.57. The van der Waals surface area contributed by atoms with Crippen LogP contribution in [-0.2, 0) is 9.47 Å². The van der Waals surface area contributed by atoms with E-state index < -0.39 is 6.10 Å². The van der Waals surface area contributed by atoms with Gasteiger partial charge in [-0.1, -0.05) is 23.7 Å². The van der Waals surface area contributed by atoms with Crippen LogP contribution in [0.15, 0.2) is 42.6 Å². The van der Waals surface area contributed by atoms with Gasteiger partial charge in [0, 0.05) is 13.1 Å². The Kier molecular flexibility index (Phi) is 6.67. The van der Waals surface area contributed by atoms with Gasteiger partial charge in [0.05, 0.1) is 43.8 Å². The topological polar surface area (TPSA) is 124 Å². The number of halogens is 1. The number of methoxy groups -OCH3 is 1. The Bertz CT molecular complexity index is 1420. The number of amides is 1. The van der Waals surface area contributed by atoms with E-state index >= 15 is 0 Å². The molecule has 0 spiro atoms. The highest BCUT2D eigenvalue weighted by atomic mass is 35.5. The summed E-state index contributed by atoms with van der Waals surface area (Å²) in [7, 11) is 3.29. The quantitative estimate of drug-likeness (QED) is 0.446. The number of carbonyl (C=O) groups is 1. The molecule has 12 heteroatoms. The first-order chi connectivity index (χ1) is 18.8. The molecule has 2 aromatic carbocycles. The van der Waals surface area contributed by atoms with E-state index in [1.165, 1.54) is 13.3 Å². The molecule has 6 rings (SSSR count). The second-order valence-corrected chi connectivity index (χ2v) is 9.98. The minimum atomic E-state index is -0.647. The molecule has 1 amide bonds. The van der Waals surface area contributed by atoms with Crippen molar-refractivity contribution in [3.8, 4) is 23.1 Å². The first kappa shape index (κ1) is 25.6. The molecule has 3 aromatic rings. The molecule has 2 saturated heterocycles. The number of aromatic nitrogens is 2. The number of hydrogen-bond acceptors (Lipinski definition) is 10. The van der Waals surface area contributed by atoms with Gasteiger partial charge < -0.3 is 39.0 Å². The third-order valence-corrected chi connectivity index (χ3v) is 7.49. The third-order valence-electron chi connectivity index (χ3n) is 7.23. The van der Waals surface area contributed by atoms with Gasteiger partial charge in [-0.05, 0) is 30.7 Å². The summed E-state index contributed by atoms with van der Waals surface area (Å²) in [6.07, 6.45) is -0.275. The Balaban J connectivity index is 1.20. The molecule has 11 nitrogen and oxygen atoms in total. The SMILES string of the molecule is COc1cc(O[C@@H]2CO[C@H]3[C@@H]2OC[C@H]3O)ccc1Nc1ncc(Cl)c(Oc2cccc3c2C(=O)N(C)C3C)n1. The molecule has 204 valence electrons. The van der Waals surface area contributed by atoms with Crippen molar-refractivity contribution < 1.29 is 33.6 Å². The van der Waals surface area contributed by atoms with E-state index in [1.807, 2.05) is 19.1 Å². The largest absolute Gasteiger partial charge is 0.494 e. The molecule has 0 saturated carbocycles. The van der Waals surface area contributed by atoms with E-state index in [0.717, 1.165) is 5.56 Å². The van der Waals surface area contributed by atoms with Crippen LogP contribution < -0.4 is 19.5 Å². The molecule has 3 aliphatic heterocycles. The number of carbonyl (C=O) groups excluding carboxylic acids is 1. The summed E-state index contributed by atoms with van der Waals surface area (Å²) in [5, 5.41) is 13.3. The predicted octanol–water partition coefficient (Wildman–Crippen LogP) is 3.73. The van der Waals surface area contributed by atoms with Gasteiger partial charge in [0.1, 0.15) is 40.6 Å². The minimum absolute atomic E-state index is 0.0616. The number of hydrogen-bond donors (Lipinski definition) is 2. The summed E-state index contributed by atoms with van der Waals surface area (Å²) < 4.78 is 28.9. The van der Waals surface area contributed by atoms with Crippen molar-refractivity contribution in [3.63, 3.8) is 0 Å². The van der Waals surface area contributed by atoms with E-state index in [4.69, 9.17) is 35.3 Å². The van der Waals surface area contributed by atoms with Crippen molar-refractivity contribution in [1.29, 1.82) is 0 Å². The Hall–Kier alpha value is -3.64. The number of fused-ring (bicyclic) bond motifs is 2. The van der Waals surface area contributed by atoms with Gasteiger partial charge >= 0.3 is 0 Å². The molecule has 39 heavy (non-hydrogen) atoms. The normalized spacial score (nSPS) is 25.4. The summed E-state index contributed by atoms with van der Waals surface area (Å²) in [5.74, 6) is 1.60. The van der Waals surface area contributed by atoms with E-state index in [9.17, 15) is 9.90 Å². The monoisotopic (exact) mass is 554 g/mol. The fraction of sp³-hybridized carbons (Fsp3) is 0.370. The maximum absolute atomic E-state index is 12.8. The lowest BCUT2D eigenvalue weighted by Crippen LogP contribution is -2.34. The fourth-order valence-electron chi connectivity index (χ4n) is 5.05. The molecule has 1 aromatic heterocycles. The van der Waals surface area contributed by atoms with Gasteiger partial charge in [-0.2, -0.15) is 4.98 Å². The number of aliphatic hydroxyl groups excluding tert-OH is 1. The number of aliphatic hydroxyl groups is 1. The summed E-state index contributed by atoms with van der Waals surface area (Å²) in [6.45, 7) is 2.51. The average molecular weight is 555 g/mol. The van der Waals surface area contributed by atoms with Crippen molar-refractivity contribution >= 4 is 29.1 Å². The van der Waals surface area contributed by atoms with Crippen LogP contribution in [0.3, 0.4) is 0 Å². The average Bonchev–Trinajstić information content (AvgIpc) is 3.58. The number of nitrogens with one attached hydrogen (secondary N) is 1. The van der Waals surface area contributed by atoms with Gasteiger partial charge in [0.2, 0.25) is 11.8 Å². The lowest BCUT2D eigenvalue weighted by Gasteiger charge is -2.19. The summed E-state index contributed by atoms with van der Waals surface area (Å²) in [4.78, 5) is 23.2. The van der Waals surface area contributed by atoms with Crippen LogP contribution in [0.25, 0.3) is 0 Å². The highest BCUT2D eigenvalue weighted by Crippen LogP contribution is 2.40. The van der Waals surface area contributed by atoms with Crippen LogP contribution in [0.1, 0.15) is 28.9 Å². The zero-order chi connectivity index (χ0) is 27.3. The van der Waals surface area contributed by atoms with Crippen LogP contribution in [0.4, 0.5) is 11.6 Å². The van der Waals surface area contributed by atoms with Crippen LogP contribution in [0.2, 0.25) is 5.02 Å². The molecule has 5 atom stereocenters.